The standard InChI is InChI=1S/C13H17N3O/c1-9-6-10(2)16(15-9)8-13(17)11-4-3-5-12(14)7-11/h3-7,13,17H,8,14H2,1-2H3. The number of nitrogens with two attached hydrogens (primary N) is 1. The Bertz CT molecular complexity index is 519. The first-order valence-corrected chi connectivity index (χ1v) is 5.61. The van der Waals surface area contributed by atoms with Crippen molar-refractivity contribution in [1.82, 2.24) is 9.78 Å². The van der Waals surface area contributed by atoms with Crippen LogP contribution in [-0.2, 0) is 6.54 Å². The van der Waals surface area contributed by atoms with E-state index in [1.165, 1.54) is 0 Å². The number of aliphatic hydroxyl groups is 1. The predicted octanol–water partition coefficient (Wildman–Crippen LogP) is 1.82. The summed E-state index contributed by atoms with van der Waals surface area (Å²) in [5.74, 6) is 0. The van der Waals surface area contributed by atoms with E-state index in [0.717, 1.165) is 17.0 Å². The highest BCUT2D eigenvalue weighted by atomic mass is 16.3. The molecule has 0 spiro atoms. The summed E-state index contributed by atoms with van der Waals surface area (Å²) in [5, 5.41) is 14.4. The van der Waals surface area contributed by atoms with Crippen LogP contribution in [0.15, 0.2) is 30.3 Å². The highest BCUT2D eigenvalue weighted by Crippen LogP contribution is 2.18. The van der Waals surface area contributed by atoms with E-state index >= 15 is 0 Å². The molecule has 1 heterocycles. The largest absolute Gasteiger partial charge is 0.399 e. The average Bonchev–Trinajstić information content (AvgIpc) is 2.57. The monoisotopic (exact) mass is 231 g/mol. The first-order chi connectivity index (χ1) is 8.06. The normalized spacial score (nSPS) is 12.6. The Labute approximate surface area is 101 Å². The molecule has 90 valence electrons. The first kappa shape index (κ1) is 11.7. The molecular weight excluding hydrogens is 214 g/mol. The van der Waals surface area contributed by atoms with Crippen molar-refractivity contribution in [1.29, 1.82) is 0 Å². The number of hydrogen-bond acceptors (Lipinski definition) is 3. The third kappa shape index (κ3) is 2.65. The van der Waals surface area contributed by atoms with Gasteiger partial charge >= 0.3 is 0 Å². The number of benzene rings is 1. The first-order valence-electron chi connectivity index (χ1n) is 5.61. The van der Waals surface area contributed by atoms with Gasteiger partial charge in [0.25, 0.3) is 0 Å². The Hall–Kier alpha value is -1.81. The second kappa shape index (κ2) is 4.59. The Morgan fingerprint density at radius 3 is 2.71 bits per heavy atom. The molecule has 0 aliphatic heterocycles. The van der Waals surface area contributed by atoms with Crippen molar-refractivity contribution < 1.29 is 5.11 Å². The quantitative estimate of drug-likeness (QED) is 0.792. The van der Waals surface area contributed by atoms with Crippen LogP contribution in [0.2, 0.25) is 0 Å². The second-order valence-electron chi connectivity index (χ2n) is 4.30. The van der Waals surface area contributed by atoms with Crippen molar-refractivity contribution in [2.75, 3.05) is 5.73 Å². The molecule has 1 aromatic heterocycles. The third-order valence-corrected chi connectivity index (χ3v) is 2.74. The minimum Gasteiger partial charge on any atom is -0.399 e. The van der Waals surface area contributed by atoms with E-state index in [9.17, 15) is 5.11 Å². The predicted molar refractivity (Wildman–Crippen MR) is 67.5 cm³/mol. The Kier molecular flexibility index (Phi) is 3.15. The zero-order valence-electron chi connectivity index (χ0n) is 10.1. The summed E-state index contributed by atoms with van der Waals surface area (Å²) < 4.78 is 1.81. The van der Waals surface area contributed by atoms with E-state index in [1.807, 2.05) is 36.7 Å². The number of hydrogen-bond donors (Lipinski definition) is 2. The maximum Gasteiger partial charge on any atom is 0.0986 e. The Morgan fingerprint density at radius 2 is 2.12 bits per heavy atom. The molecule has 0 saturated carbocycles. The molecule has 0 amide bonds. The maximum atomic E-state index is 10.1. The molecule has 0 saturated heterocycles. The Balaban J connectivity index is 2.16. The number of aryl methyl sites for hydroxylation is 2. The number of aromatic nitrogens is 2. The van der Waals surface area contributed by atoms with E-state index in [2.05, 4.69) is 5.10 Å². The zero-order valence-corrected chi connectivity index (χ0v) is 10.1. The average molecular weight is 231 g/mol. The molecule has 2 aromatic rings. The molecule has 0 bridgehead atoms. The lowest BCUT2D eigenvalue weighted by atomic mass is 10.1. The second-order valence-corrected chi connectivity index (χ2v) is 4.30. The van der Waals surface area contributed by atoms with Gasteiger partial charge in [0.2, 0.25) is 0 Å². The van der Waals surface area contributed by atoms with Gasteiger partial charge in [0.1, 0.15) is 0 Å². The number of nitrogens with zero attached hydrogens (tertiary/aromatic N) is 2. The van der Waals surface area contributed by atoms with Crippen LogP contribution in [0.25, 0.3) is 0 Å². The van der Waals surface area contributed by atoms with Crippen molar-refractivity contribution in [2.45, 2.75) is 26.5 Å². The summed E-state index contributed by atoms with van der Waals surface area (Å²) in [7, 11) is 0. The zero-order chi connectivity index (χ0) is 12.4. The number of nitrogen functional groups attached to an aromatic ring is 1. The molecule has 0 aliphatic carbocycles. The molecule has 4 nitrogen and oxygen atoms in total. The van der Waals surface area contributed by atoms with E-state index < -0.39 is 6.10 Å². The van der Waals surface area contributed by atoms with Gasteiger partial charge in [-0.05, 0) is 37.6 Å². The van der Waals surface area contributed by atoms with Gasteiger partial charge < -0.3 is 10.8 Å². The highest BCUT2D eigenvalue weighted by molar-refractivity contribution is 5.41. The van der Waals surface area contributed by atoms with Crippen molar-refractivity contribution >= 4 is 5.69 Å². The van der Waals surface area contributed by atoms with Gasteiger partial charge in [-0.15, -0.1) is 0 Å². The minimum absolute atomic E-state index is 0.448. The van der Waals surface area contributed by atoms with Crippen LogP contribution in [0.3, 0.4) is 0 Å². The van der Waals surface area contributed by atoms with Crippen LogP contribution in [0, 0.1) is 13.8 Å². The molecular formula is C13H17N3O. The van der Waals surface area contributed by atoms with Crippen molar-refractivity contribution in [3.63, 3.8) is 0 Å². The molecule has 1 atom stereocenters. The van der Waals surface area contributed by atoms with E-state index in [0.29, 0.717) is 12.2 Å². The number of rotatable bonds is 3. The summed E-state index contributed by atoms with van der Waals surface area (Å²) in [4.78, 5) is 0. The molecule has 2 rings (SSSR count). The molecule has 0 fully saturated rings. The smallest absolute Gasteiger partial charge is 0.0986 e. The van der Waals surface area contributed by atoms with Crippen LogP contribution in [-0.4, -0.2) is 14.9 Å². The molecule has 1 unspecified atom stereocenters. The molecule has 4 heteroatoms. The van der Waals surface area contributed by atoms with Gasteiger partial charge in [-0.25, -0.2) is 0 Å². The van der Waals surface area contributed by atoms with Crippen LogP contribution in [0.1, 0.15) is 23.1 Å². The third-order valence-electron chi connectivity index (χ3n) is 2.74. The Morgan fingerprint density at radius 1 is 1.35 bits per heavy atom. The van der Waals surface area contributed by atoms with Crippen molar-refractivity contribution in [3.8, 4) is 0 Å². The topological polar surface area (TPSA) is 64.1 Å². The van der Waals surface area contributed by atoms with Crippen LogP contribution in [0.4, 0.5) is 5.69 Å². The van der Waals surface area contributed by atoms with E-state index in [1.54, 1.807) is 12.1 Å². The van der Waals surface area contributed by atoms with E-state index in [4.69, 9.17) is 5.73 Å². The van der Waals surface area contributed by atoms with Crippen molar-refractivity contribution in [2.24, 2.45) is 0 Å². The van der Waals surface area contributed by atoms with E-state index in [-0.39, 0.29) is 0 Å². The SMILES string of the molecule is Cc1cc(C)n(CC(O)c2cccc(N)c2)n1. The van der Waals surface area contributed by atoms with Gasteiger partial charge in [-0.1, -0.05) is 12.1 Å². The summed E-state index contributed by atoms with van der Waals surface area (Å²) in [5.41, 5.74) is 9.18. The lowest BCUT2D eigenvalue weighted by molar-refractivity contribution is 0.150. The number of aliphatic hydroxyl groups excluding tert-OH is 1. The lowest BCUT2D eigenvalue weighted by Crippen LogP contribution is -2.11. The number of anilines is 1. The fraction of sp³-hybridized carbons (Fsp3) is 0.308. The van der Waals surface area contributed by atoms with Crippen molar-refractivity contribution in [3.05, 3.63) is 47.3 Å². The summed E-state index contributed by atoms with van der Waals surface area (Å²) in [6.07, 6.45) is -0.587. The van der Waals surface area contributed by atoms with Gasteiger partial charge in [-0.2, -0.15) is 5.10 Å². The minimum atomic E-state index is -0.587. The maximum absolute atomic E-state index is 10.1. The molecule has 0 radical (unpaired) electrons. The molecule has 0 aliphatic rings. The summed E-state index contributed by atoms with van der Waals surface area (Å²) in [6.45, 7) is 4.37. The summed E-state index contributed by atoms with van der Waals surface area (Å²) >= 11 is 0. The lowest BCUT2D eigenvalue weighted by Gasteiger charge is -2.12. The van der Waals surface area contributed by atoms with Gasteiger partial charge in [0.15, 0.2) is 0 Å². The van der Waals surface area contributed by atoms with Gasteiger partial charge in [-0.3, -0.25) is 4.68 Å². The van der Waals surface area contributed by atoms with Gasteiger partial charge in [0.05, 0.1) is 18.3 Å². The fourth-order valence-corrected chi connectivity index (χ4v) is 1.90. The molecule has 17 heavy (non-hydrogen) atoms. The van der Waals surface area contributed by atoms with Crippen LogP contribution >= 0.6 is 0 Å². The van der Waals surface area contributed by atoms with Crippen LogP contribution < -0.4 is 5.73 Å². The van der Waals surface area contributed by atoms with Gasteiger partial charge in [0, 0.05) is 11.4 Å². The van der Waals surface area contributed by atoms with Crippen LogP contribution in [0.5, 0.6) is 0 Å². The fourth-order valence-electron chi connectivity index (χ4n) is 1.90. The summed E-state index contributed by atoms with van der Waals surface area (Å²) in [6, 6.07) is 9.30. The molecule has 3 N–H and O–H groups in total. The highest BCUT2D eigenvalue weighted by Gasteiger charge is 2.10. The molecule has 1 aromatic carbocycles.